The molecule has 0 radical (unpaired) electrons. The fourth-order valence-electron chi connectivity index (χ4n) is 2.40. The minimum absolute atomic E-state index is 0.634. The van der Waals surface area contributed by atoms with Gasteiger partial charge < -0.3 is 8.98 Å². The van der Waals surface area contributed by atoms with Crippen molar-refractivity contribution in [3.63, 3.8) is 0 Å². The number of aromatic nitrogens is 5. The van der Waals surface area contributed by atoms with Gasteiger partial charge in [-0.05, 0) is 12.1 Å². The van der Waals surface area contributed by atoms with Crippen LogP contribution in [0.25, 0.3) is 11.5 Å². The molecule has 108 valence electrons. The highest BCUT2D eigenvalue weighted by molar-refractivity contribution is 7.99. The van der Waals surface area contributed by atoms with Gasteiger partial charge in [-0.15, -0.1) is 5.10 Å². The molecule has 0 atom stereocenters. The van der Waals surface area contributed by atoms with Gasteiger partial charge in [0.05, 0.1) is 18.4 Å². The second-order valence-corrected chi connectivity index (χ2v) is 6.04. The summed E-state index contributed by atoms with van der Waals surface area (Å²) in [5.74, 6) is 2.84. The largest absolute Gasteiger partial charge is 0.459 e. The number of hydrogen-bond donors (Lipinski definition) is 0. The van der Waals surface area contributed by atoms with Gasteiger partial charge in [0.1, 0.15) is 11.5 Å². The van der Waals surface area contributed by atoms with Crippen molar-refractivity contribution >= 4 is 11.8 Å². The van der Waals surface area contributed by atoms with Crippen LogP contribution in [0.5, 0.6) is 0 Å². The van der Waals surface area contributed by atoms with Gasteiger partial charge in [-0.3, -0.25) is 0 Å². The van der Waals surface area contributed by atoms with Crippen molar-refractivity contribution in [2.45, 2.75) is 31.6 Å². The van der Waals surface area contributed by atoms with Gasteiger partial charge in [0.25, 0.3) is 0 Å². The van der Waals surface area contributed by atoms with E-state index in [-0.39, 0.29) is 0 Å². The summed E-state index contributed by atoms with van der Waals surface area (Å²) in [4.78, 5) is 4.60. The first kappa shape index (κ1) is 12.7. The van der Waals surface area contributed by atoms with Gasteiger partial charge >= 0.3 is 0 Å². The SMILES string of the molecule is CCc1ccc(-c2cn(Cc3cn4c(n3)SCC4)nn2)o1. The van der Waals surface area contributed by atoms with Crippen LogP contribution in [-0.2, 0) is 19.5 Å². The number of nitrogens with zero attached hydrogens (tertiary/aromatic N) is 5. The first-order chi connectivity index (χ1) is 10.3. The molecule has 0 N–H and O–H groups in total. The predicted octanol–water partition coefficient (Wildman–Crippen LogP) is 2.45. The summed E-state index contributed by atoms with van der Waals surface area (Å²) in [7, 11) is 0. The van der Waals surface area contributed by atoms with Crippen molar-refractivity contribution in [1.82, 2.24) is 24.5 Å². The molecule has 0 aliphatic carbocycles. The normalized spacial score (nSPS) is 13.8. The molecular formula is C14H15N5OS. The first-order valence-corrected chi connectivity index (χ1v) is 7.98. The quantitative estimate of drug-likeness (QED) is 0.740. The molecule has 0 unspecified atom stereocenters. The van der Waals surface area contributed by atoms with Crippen molar-refractivity contribution < 1.29 is 4.42 Å². The van der Waals surface area contributed by atoms with Gasteiger partial charge in [-0.2, -0.15) is 0 Å². The highest BCUT2D eigenvalue weighted by Crippen LogP contribution is 2.25. The number of thioether (sulfide) groups is 1. The highest BCUT2D eigenvalue weighted by Gasteiger charge is 2.15. The van der Waals surface area contributed by atoms with Gasteiger partial charge in [0.2, 0.25) is 0 Å². The zero-order chi connectivity index (χ0) is 14.2. The molecule has 1 aliphatic rings. The molecule has 0 amide bonds. The summed E-state index contributed by atoms with van der Waals surface area (Å²) >= 11 is 1.80. The molecular weight excluding hydrogens is 286 g/mol. The Balaban J connectivity index is 1.53. The first-order valence-electron chi connectivity index (χ1n) is 7.00. The number of hydrogen-bond acceptors (Lipinski definition) is 5. The highest BCUT2D eigenvalue weighted by atomic mass is 32.2. The minimum Gasteiger partial charge on any atom is -0.459 e. The zero-order valence-corrected chi connectivity index (χ0v) is 12.5. The van der Waals surface area contributed by atoms with E-state index >= 15 is 0 Å². The van der Waals surface area contributed by atoms with E-state index in [4.69, 9.17) is 4.42 Å². The summed E-state index contributed by atoms with van der Waals surface area (Å²) in [5.41, 5.74) is 1.78. The van der Waals surface area contributed by atoms with Crippen molar-refractivity contribution in [2.24, 2.45) is 0 Å². The van der Waals surface area contributed by atoms with Crippen LogP contribution < -0.4 is 0 Å². The monoisotopic (exact) mass is 301 g/mol. The van der Waals surface area contributed by atoms with Crippen LogP contribution >= 0.6 is 11.8 Å². The third-order valence-corrected chi connectivity index (χ3v) is 4.45. The van der Waals surface area contributed by atoms with Crippen molar-refractivity contribution in [3.05, 3.63) is 36.0 Å². The topological polar surface area (TPSA) is 61.7 Å². The van der Waals surface area contributed by atoms with Gasteiger partial charge in [-0.1, -0.05) is 23.9 Å². The Morgan fingerprint density at radius 2 is 2.29 bits per heavy atom. The summed E-state index contributed by atoms with van der Waals surface area (Å²) < 4.78 is 9.68. The van der Waals surface area contributed by atoms with E-state index in [0.29, 0.717) is 6.54 Å². The Kier molecular flexibility index (Phi) is 3.07. The molecule has 0 fully saturated rings. The van der Waals surface area contributed by atoms with Crippen LogP contribution in [0.1, 0.15) is 18.4 Å². The van der Waals surface area contributed by atoms with E-state index in [0.717, 1.165) is 46.8 Å². The molecule has 6 nitrogen and oxygen atoms in total. The maximum atomic E-state index is 5.69. The lowest BCUT2D eigenvalue weighted by Crippen LogP contribution is -2.01. The average Bonchev–Trinajstić information content (AvgIpc) is 3.21. The van der Waals surface area contributed by atoms with Crippen LogP contribution in [-0.4, -0.2) is 30.3 Å². The van der Waals surface area contributed by atoms with E-state index in [1.807, 2.05) is 18.3 Å². The maximum Gasteiger partial charge on any atom is 0.168 e. The number of imidazole rings is 1. The maximum absolute atomic E-state index is 5.69. The molecule has 4 heterocycles. The zero-order valence-electron chi connectivity index (χ0n) is 11.7. The van der Waals surface area contributed by atoms with Crippen LogP contribution in [0.15, 0.2) is 34.1 Å². The molecule has 3 aromatic heterocycles. The molecule has 21 heavy (non-hydrogen) atoms. The lowest BCUT2D eigenvalue weighted by Gasteiger charge is -1.95. The number of aryl methyl sites for hydroxylation is 2. The van der Waals surface area contributed by atoms with E-state index in [1.54, 1.807) is 16.4 Å². The number of rotatable bonds is 4. The van der Waals surface area contributed by atoms with E-state index in [2.05, 4.69) is 33.0 Å². The third-order valence-electron chi connectivity index (χ3n) is 3.48. The van der Waals surface area contributed by atoms with Crippen molar-refractivity contribution in [1.29, 1.82) is 0 Å². The summed E-state index contributed by atoms with van der Waals surface area (Å²) in [6.45, 7) is 3.74. The number of fused-ring (bicyclic) bond motifs is 1. The molecule has 0 bridgehead atoms. The second kappa shape index (κ2) is 5.07. The van der Waals surface area contributed by atoms with E-state index < -0.39 is 0 Å². The Bertz CT molecular complexity index is 751. The van der Waals surface area contributed by atoms with Gasteiger partial charge in [0.15, 0.2) is 10.9 Å². The summed E-state index contributed by atoms with van der Waals surface area (Å²) in [6, 6.07) is 3.92. The molecule has 7 heteroatoms. The molecule has 0 saturated carbocycles. The average molecular weight is 301 g/mol. The van der Waals surface area contributed by atoms with E-state index in [9.17, 15) is 0 Å². The van der Waals surface area contributed by atoms with Crippen molar-refractivity contribution in [3.8, 4) is 11.5 Å². The Morgan fingerprint density at radius 3 is 3.10 bits per heavy atom. The Labute approximate surface area is 126 Å². The molecule has 0 saturated heterocycles. The van der Waals surface area contributed by atoms with Crippen LogP contribution in [0.2, 0.25) is 0 Å². The molecule has 1 aliphatic heterocycles. The third kappa shape index (κ3) is 2.37. The Morgan fingerprint density at radius 1 is 1.33 bits per heavy atom. The van der Waals surface area contributed by atoms with Crippen LogP contribution in [0.3, 0.4) is 0 Å². The molecule has 4 rings (SSSR count). The smallest absolute Gasteiger partial charge is 0.168 e. The number of furan rings is 1. The lowest BCUT2D eigenvalue weighted by atomic mass is 10.3. The minimum atomic E-state index is 0.634. The van der Waals surface area contributed by atoms with E-state index in [1.165, 1.54) is 0 Å². The second-order valence-electron chi connectivity index (χ2n) is 4.98. The standard InChI is InChI=1S/C14H15N5OS/c1-2-11-3-4-13(20-11)12-9-19(17-16-12)8-10-7-18-5-6-21-14(18)15-10/h3-4,7,9H,2,5-6,8H2,1H3. The lowest BCUT2D eigenvalue weighted by molar-refractivity contribution is 0.527. The molecule has 3 aromatic rings. The summed E-state index contributed by atoms with van der Waals surface area (Å²) in [5, 5.41) is 9.43. The molecule has 0 spiro atoms. The van der Waals surface area contributed by atoms with Crippen LogP contribution in [0.4, 0.5) is 0 Å². The fourth-order valence-corrected chi connectivity index (χ4v) is 3.36. The Hall–Kier alpha value is -2.02. The van der Waals surface area contributed by atoms with Gasteiger partial charge in [-0.25, -0.2) is 9.67 Å². The predicted molar refractivity (Wildman–Crippen MR) is 79.2 cm³/mol. The fraction of sp³-hybridized carbons (Fsp3) is 0.357. The van der Waals surface area contributed by atoms with Gasteiger partial charge in [0, 0.05) is 24.9 Å². The van der Waals surface area contributed by atoms with Crippen molar-refractivity contribution in [2.75, 3.05) is 5.75 Å². The summed E-state index contributed by atoms with van der Waals surface area (Å²) in [6.07, 6.45) is 4.88. The van der Waals surface area contributed by atoms with Crippen LogP contribution in [0, 0.1) is 0 Å². The molecule has 0 aromatic carbocycles.